The molecule has 0 atom stereocenters. The van der Waals surface area contributed by atoms with Crippen LogP contribution in [-0.4, -0.2) is 7.11 Å². The Morgan fingerprint density at radius 2 is 1.74 bits per heavy atom. The molecule has 2 rings (SSSR count). The molecule has 0 aliphatic rings. The van der Waals surface area contributed by atoms with E-state index in [1.54, 1.807) is 7.11 Å². The number of benzene rings is 2. The van der Waals surface area contributed by atoms with Crippen molar-refractivity contribution < 1.29 is 18.3 Å². The Hall–Kier alpha value is -1.62. The summed E-state index contributed by atoms with van der Waals surface area (Å²) >= 11 is 3.39. The molecule has 0 N–H and O–H groups in total. The van der Waals surface area contributed by atoms with Crippen LogP contribution in [0.5, 0.6) is 11.5 Å². The molecule has 0 aromatic heterocycles. The molecule has 0 bridgehead atoms. The zero-order valence-corrected chi connectivity index (χ0v) is 11.7. The minimum atomic E-state index is -0.929. The smallest absolute Gasteiger partial charge is 0.162 e. The first-order chi connectivity index (χ1) is 9.10. The number of methoxy groups -OCH3 is 1. The second-order valence-corrected chi connectivity index (χ2v) is 4.68. The van der Waals surface area contributed by atoms with Crippen LogP contribution in [0, 0.1) is 11.6 Å². The summed E-state index contributed by atoms with van der Waals surface area (Å²) in [6.07, 6.45) is 0. The van der Waals surface area contributed by atoms with Crippen molar-refractivity contribution in [2.24, 2.45) is 0 Å². The number of rotatable bonds is 4. The lowest BCUT2D eigenvalue weighted by molar-refractivity contribution is 0.301. The minimum Gasteiger partial charge on any atom is -0.497 e. The minimum absolute atomic E-state index is 0.225. The van der Waals surface area contributed by atoms with E-state index in [1.165, 1.54) is 6.07 Å². The highest BCUT2D eigenvalue weighted by atomic mass is 79.9. The summed E-state index contributed by atoms with van der Waals surface area (Å²) in [5.74, 6) is -0.849. The molecule has 0 aliphatic heterocycles. The van der Waals surface area contributed by atoms with Gasteiger partial charge in [0.15, 0.2) is 11.6 Å². The fraction of sp³-hybridized carbons (Fsp3) is 0.143. The molecule has 0 saturated carbocycles. The summed E-state index contributed by atoms with van der Waals surface area (Å²) in [5.41, 5.74) is 0.851. The van der Waals surface area contributed by atoms with Crippen molar-refractivity contribution in [1.82, 2.24) is 0 Å². The molecule has 19 heavy (non-hydrogen) atoms. The fourth-order valence-corrected chi connectivity index (χ4v) is 1.88. The molecule has 2 nitrogen and oxygen atoms in total. The van der Waals surface area contributed by atoms with Gasteiger partial charge in [0.2, 0.25) is 0 Å². The summed E-state index contributed by atoms with van der Waals surface area (Å²) < 4.78 is 37.2. The Morgan fingerprint density at radius 1 is 1.00 bits per heavy atom. The summed E-state index contributed by atoms with van der Waals surface area (Å²) in [6, 6.07) is 8.89. The van der Waals surface area contributed by atoms with E-state index in [1.807, 2.05) is 18.2 Å². The molecule has 2 aromatic carbocycles. The lowest BCUT2D eigenvalue weighted by Crippen LogP contribution is -1.98. The SMILES string of the molecule is COc1ccc(Br)c(COc2ccc(F)c(F)c2)c1. The molecule has 2 aromatic rings. The average Bonchev–Trinajstić information content (AvgIpc) is 2.41. The molecular weight excluding hydrogens is 318 g/mol. The standard InChI is InChI=1S/C14H11BrF2O2/c1-18-10-2-4-12(15)9(6-10)8-19-11-3-5-13(16)14(17)7-11/h2-7H,8H2,1H3. The number of hydrogen-bond donors (Lipinski definition) is 0. The van der Waals surface area contributed by atoms with Gasteiger partial charge in [-0.3, -0.25) is 0 Å². The zero-order chi connectivity index (χ0) is 13.8. The molecule has 100 valence electrons. The summed E-state index contributed by atoms with van der Waals surface area (Å²) in [4.78, 5) is 0. The van der Waals surface area contributed by atoms with E-state index in [9.17, 15) is 8.78 Å². The van der Waals surface area contributed by atoms with E-state index >= 15 is 0 Å². The van der Waals surface area contributed by atoms with Crippen LogP contribution < -0.4 is 9.47 Å². The Bertz CT molecular complexity index is 588. The van der Waals surface area contributed by atoms with Gasteiger partial charge in [0.1, 0.15) is 18.1 Å². The molecule has 0 spiro atoms. The Labute approximate surface area is 118 Å². The predicted octanol–water partition coefficient (Wildman–Crippen LogP) is 4.31. The molecular formula is C14H11BrF2O2. The van der Waals surface area contributed by atoms with Crippen molar-refractivity contribution in [3.63, 3.8) is 0 Å². The topological polar surface area (TPSA) is 18.5 Å². The summed E-state index contributed by atoms with van der Waals surface area (Å²) in [5, 5.41) is 0. The number of ether oxygens (including phenoxy) is 2. The maximum Gasteiger partial charge on any atom is 0.162 e. The van der Waals surface area contributed by atoms with E-state index in [2.05, 4.69) is 15.9 Å². The third kappa shape index (κ3) is 3.44. The zero-order valence-electron chi connectivity index (χ0n) is 10.1. The Morgan fingerprint density at radius 3 is 2.42 bits per heavy atom. The van der Waals surface area contributed by atoms with E-state index in [0.29, 0.717) is 5.75 Å². The normalized spacial score (nSPS) is 10.3. The lowest BCUT2D eigenvalue weighted by Gasteiger charge is -2.09. The second-order valence-electron chi connectivity index (χ2n) is 3.82. The van der Waals surface area contributed by atoms with Gasteiger partial charge in [0.05, 0.1) is 7.11 Å². The van der Waals surface area contributed by atoms with Crippen LogP contribution in [0.25, 0.3) is 0 Å². The van der Waals surface area contributed by atoms with E-state index < -0.39 is 11.6 Å². The molecule has 0 radical (unpaired) electrons. The maximum atomic E-state index is 13.0. The highest BCUT2D eigenvalue weighted by molar-refractivity contribution is 9.10. The Kier molecular flexibility index (Phi) is 4.37. The van der Waals surface area contributed by atoms with Crippen molar-refractivity contribution in [3.05, 3.63) is 58.1 Å². The summed E-state index contributed by atoms with van der Waals surface area (Å²) in [7, 11) is 1.57. The van der Waals surface area contributed by atoms with Crippen molar-refractivity contribution in [2.75, 3.05) is 7.11 Å². The highest BCUT2D eigenvalue weighted by Gasteiger charge is 2.06. The molecule has 5 heteroatoms. The fourth-order valence-electron chi connectivity index (χ4n) is 1.52. The molecule has 0 saturated heterocycles. The van der Waals surface area contributed by atoms with Crippen LogP contribution in [0.15, 0.2) is 40.9 Å². The van der Waals surface area contributed by atoms with E-state index in [0.717, 1.165) is 22.2 Å². The van der Waals surface area contributed by atoms with Crippen molar-refractivity contribution in [3.8, 4) is 11.5 Å². The number of halogens is 3. The molecule has 0 unspecified atom stereocenters. The monoisotopic (exact) mass is 328 g/mol. The van der Waals surface area contributed by atoms with Gasteiger partial charge in [0.25, 0.3) is 0 Å². The van der Waals surface area contributed by atoms with Crippen molar-refractivity contribution in [1.29, 1.82) is 0 Å². The van der Waals surface area contributed by atoms with Gasteiger partial charge < -0.3 is 9.47 Å². The largest absolute Gasteiger partial charge is 0.497 e. The van der Waals surface area contributed by atoms with Gasteiger partial charge in [-0.2, -0.15) is 0 Å². The predicted molar refractivity (Wildman–Crippen MR) is 71.4 cm³/mol. The number of hydrogen-bond acceptors (Lipinski definition) is 2. The van der Waals surface area contributed by atoms with Gasteiger partial charge in [-0.25, -0.2) is 8.78 Å². The third-order valence-corrected chi connectivity index (χ3v) is 3.31. The maximum absolute atomic E-state index is 13.0. The van der Waals surface area contributed by atoms with Crippen LogP contribution >= 0.6 is 15.9 Å². The molecule has 0 amide bonds. The summed E-state index contributed by atoms with van der Waals surface area (Å²) in [6.45, 7) is 0.225. The van der Waals surface area contributed by atoms with Crippen molar-refractivity contribution in [2.45, 2.75) is 6.61 Å². The lowest BCUT2D eigenvalue weighted by atomic mass is 10.2. The molecule has 0 aliphatic carbocycles. The first kappa shape index (κ1) is 13.8. The van der Waals surface area contributed by atoms with Crippen LogP contribution in [0.1, 0.15) is 5.56 Å². The van der Waals surface area contributed by atoms with Crippen molar-refractivity contribution >= 4 is 15.9 Å². The van der Waals surface area contributed by atoms with E-state index in [-0.39, 0.29) is 12.4 Å². The van der Waals surface area contributed by atoms with Crippen LogP contribution in [0.2, 0.25) is 0 Å². The average molecular weight is 329 g/mol. The third-order valence-electron chi connectivity index (χ3n) is 2.54. The van der Waals surface area contributed by atoms with Gasteiger partial charge >= 0.3 is 0 Å². The van der Waals surface area contributed by atoms with Gasteiger partial charge in [-0.1, -0.05) is 15.9 Å². The quantitative estimate of drug-likeness (QED) is 0.832. The second kappa shape index (κ2) is 6.02. The Balaban J connectivity index is 2.11. The van der Waals surface area contributed by atoms with Gasteiger partial charge in [-0.05, 0) is 30.3 Å². The first-order valence-corrected chi connectivity index (χ1v) is 6.29. The van der Waals surface area contributed by atoms with Gasteiger partial charge in [0, 0.05) is 16.1 Å². The van der Waals surface area contributed by atoms with Gasteiger partial charge in [-0.15, -0.1) is 0 Å². The molecule has 0 heterocycles. The van der Waals surface area contributed by atoms with Crippen LogP contribution in [0.4, 0.5) is 8.78 Å². The van der Waals surface area contributed by atoms with Crippen LogP contribution in [0.3, 0.4) is 0 Å². The highest BCUT2D eigenvalue weighted by Crippen LogP contribution is 2.24. The first-order valence-electron chi connectivity index (χ1n) is 5.50. The van der Waals surface area contributed by atoms with E-state index in [4.69, 9.17) is 9.47 Å². The van der Waals surface area contributed by atoms with Crippen LogP contribution in [-0.2, 0) is 6.61 Å². The molecule has 0 fully saturated rings.